The summed E-state index contributed by atoms with van der Waals surface area (Å²) in [6.45, 7) is 16.2. The van der Waals surface area contributed by atoms with E-state index in [1.165, 1.54) is 10.4 Å². The zero-order valence-corrected chi connectivity index (χ0v) is 46.5. The van der Waals surface area contributed by atoms with Crippen LogP contribution in [0.2, 0.25) is 10.1 Å². The monoisotopic (exact) mass is 1060 g/mol. The molecule has 10 heteroatoms. The van der Waals surface area contributed by atoms with Crippen molar-refractivity contribution in [1.82, 2.24) is 0 Å². The molecule has 7 aromatic rings. The van der Waals surface area contributed by atoms with E-state index in [0.717, 1.165) is 58.4 Å². The molecule has 0 saturated carbocycles. The van der Waals surface area contributed by atoms with Crippen molar-refractivity contribution >= 4 is 30.3 Å². The summed E-state index contributed by atoms with van der Waals surface area (Å²) in [5.74, 6) is 1.39. The summed E-state index contributed by atoms with van der Waals surface area (Å²) in [7, 11) is -2.64. The molecule has 1 heterocycles. The normalized spacial score (nSPS) is 17.8. The van der Waals surface area contributed by atoms with Crippen molar-refractivity contribution in [2.24, 2.45) is 0 Å². The standard InChI is InChI=1S/C66H75ClO8Si/c1-6-40-70-60-45-59(67)54(43-50-36-38-55(39-37-50)69-7-2)44-58(60)62-64(72-47-52-28-16-9-17-29-52)65(73-48-53-30-18-10-19-31-53)63(71-46-51-26-14-8-15-27-51)61(75-62)49-68-41-24-13-25-42-74-76(66(3,4)5,56-32-20-11-21-33-56)57-34-22-12-23-35-57/h6,8-12,14-23,26-39,44-45,61-65H,1,7,13,24-25,40-43,46-49H2,2-5H3/t61-,62+,63-,64+,65-/m1/s1. The molecule has 5 atom stereocenters. The zero-order chi connectivity index (χ0) is 53.0. The van der Waals surface area contributed by atoms with Gasteiger partial charge in [-0.25, -0.2) is 0 Å². The van der Waals surface area contributed by atoms with Gasteiger partial charge in [0.2, 0.25) is 0 Å². The second-order valence-corrected chi connectivity index (χ2v) is 25.1. The molecule has 76 heavy (non-hydrogen) atoms. The lowest BCUT2D eigenvalue weighted by molar-refractivity contribution is -0.274. The highest BCUT2D eigenvalue weighted by Gasteiger charge is 2.51. The van der Waals surface area contributed by atoms with E-state index in [9.17, 15) is 0 Å². The maximum absolute atomic E-state index is 7.43. The van der Waals surface area contributed by atoms with Crippen LogP contribution in [0.1, 0.15) is 86.4 Å². The van der Waals surface area contributed by atoms with E-state index in [1.54, 1.807) is 6.08 Å². The third-order valence-corrected chi connectivity index (χ3v) is 19.3. The highest BCUT2D eigenvalue weighted by Crippen LogP contribution is 2.44. The van der Waals surface area contributed by atoms with Gasteiger partial charge in [0.05, 0.1) is 33.0 Å². The number of hydrogen-bond acceptors (Lipinski definition) is 8. The van der Waals surface area contributed by atoms with Crippen molar-refractivity contribution in [2.45, 2.75) is 109 Å². The van der Waals surface area contributed by atoms with Gasteiger partial charge in [-0.15, -0.1) is 0 Å². The van der Waals surface area contributed by atoms with Crippen LogP contribution in [0.3, 0.4) is 0 Å². The van der Waals surface area contributed by atoms with E-state index in [4.69, 9.17) is 49.2 Å². The van der Waals surface area contributed by atoms with Gasteiger partial charge in [-0.2, -0.15) is 0 Å². The van der Waals surface area contributed by atoms with Gasteiger partial charge in [-0.05, 0) is 100 Å². The van der Waals surface area contributed by atoms with Crippen LogP contribution < -0.4 is 19.8 Å². The Hall–Kier alpha value is -5.85. The Bertz CT molecular complexity index is 2740. The van der Waals surface area contributed by atoms with Gasteiger partial charge in [-0.3, -0.25) is 0 Å². The molecule has 0 radical (unpaired) electrons. The Morgan fingerprint density at radius 3 is 1.62 bits per heavy atom. The van der Waals surface area contributed by atoms with Gasteiger partial charge in [-0.1, -0.05) is 209 Å². The van der Waals surface area contributed by atoms with Gasteiger partial charge in [0.25, 0.3) is 8.32 Å². The molecule has 0 aliphatic carbocycles. The summed E-state index contributed by atoms with van der Waals surface area (Å²) >= 11 is 7.18. The number of unbranched alkanes of at least 4 members (excludes halogenated alkanes) is 2. The van der Waals surface area contributed by atoms with E-state index >= 15 is 0 Å². The lowest BCUT2D eigenvalue weighted by Gasteiger charge is -2.46. The van der Waals surface area contributed by atoms with E-state index in [0.29, 0.717) is 56.8 Å². The minimum absolute atomic E-state index is 0.0909. The second kappa shape index (κ2) is 28.5. The van der Waals surface area contributed by atoms with Gasteiger partial charge < -0.3 is 37.6 Å². The van der Waals surface area contributed by atoms with E-state index in [2.05, 4.69) is 143 Å². The molecule has 7 aromatic carbocycles. The largest absolute Gasteiger partial charge is 0.494 e. The highest BCUT2D eigenvalue weighted by atomic mass is 35.5. The first kappa shape index (κ1) is 56.4. The van der Waals surface area contributed by atoms with Gasteiger partial charge in [0.15, 0.2) is 0 Å². The number of benzene rings is 7. The first-order valence-electron chi connectivity index (χ1n) is 26.9. The highest BCUT2D eigenvalue weighted by molar-refractivity contribution is 6.99. The second-order valence-electron chi connectivity index (χ2n) is 20.4. The molecule has 0 aromatic heterocycles. The maximum Gasteiger partial charge on any atom is 0.261 e. The van der Waals surface area contributed by atoms with Gasteiger partial charge in [0, 0.05) is 23.8 Å². The average Bonchev–Trinajstić information content (AvgIpc) is 3.46. The van der Waals surface area contributed by atoms with Gasteiger partial charge in [0.1, 0.15) is 48.6 Å². The maximum atomic E-state index is 7.43. The predicted molar refractivity (Wildman–Crippen MR) is 308 cm³/mol. The SMILES string of the molecule is C=CCOc1cc(Cl)c(Cc2ccc(OCC)cc2)cc1[C@@H]1O[C@H](COCCCCCO[Si](c2ccccc2)(c2ccccc2)C(C)(C)C)[C@@H](OCc2ccccc2)[C@@H](OCc2ccccc2)[C@H]1OCc1ccccc1. The van der Waals surface area contributed by atoms with Crippen molar-refractivity contribution in [3.63, 3.8) is 0 Å². The average molecular weight is 1060 g/mol. The molecule has 8 nitrogen and oxygen atoms in total. The fourth-order valence-electron chi connectivity index (χ4n) is 10.2. The molecule has 1 fully saturated rings. The summed E-state index contributed by atoms with van der Waals surface area (Å²) in [4.78, 5) is 0. The molecular formula is C66H75ClO8Si. The molecule has 0 unspecified atom stereocenters. The molecule has 0 bridgehead atoms. The quantitative estimate of drug-likeness (QED) is 0.0273. The molecule has 398 valence electrons. The Morgan fingerprint density at radius 2 is 1.09 bits per heavy atom. The Morgan fingerprint density at radius 1 is 0.579 bits per heavy atom. The first-order valence-corrected chi connectivity index (χ1v) is 29.2. The number of halogens is 1. The van der Waals surface area contributed by atoms with Crippen LogP contribution in [-0.4, -0.2) is 65.8 Å². The minimum atomic E-state index is -2.64. The van der Waals surface area contributed by atoms with Crippen LogP contribution in [-0.2, 0) is 54.4 Å². The number of hydrogen-bond donors (Lipinski definition) is 0. The Balaban J connectivity index is 1.09. The zero-order valence-electron chi connectivity index (χ0n) is 44.7. The van der Waals surface area contributed by atoms with Gasteiger partial charge >= 0.3 is 0 Å². The van der Waals surface area contributed by atoms with Crippen LogP contribution >= 0.6 is 11.6 Å². The number of ether oxygens (including phenoxy) is 7. The van der Waals surface area contributed by atoms with Crippen LogP contribution in [0.15, 0.2) is 201 Å². The van der Waals surface area contributed by atoms with Crippen LogP contribution in [0.25, 0.3) is 0 Å². The fourth-order valence-corrected chi connectivity index (χ4v) is 15.0. The summed E-state index contributed by atoms with van der Waals surface area (Å²) in [6.07, 6.45) is 1.78. The fraction of sp³-hybridized carbons (Fsp3) is 0.333. The van der Waals surface area contributed by atoms with Crippen LogP contribution in [0.5, 0.6) is 11.5 Å². The summed E-state index contributed by atoms with van der Waals surface area (Å²) in [5, 5.41) is 3.05. The number of rotatable bonds is 28. The third-order valence-electron chi connectivity index (χ3n) is 13.9. The molecule has 0 N–H and O–H groups in total. The molecule has 8 rings (SSSR count). The topological polar surface area (TPSA) is 73.8 Å². The van der Waals surface area contributed by atoms with E-state index in [1.807, 2.05) is 79.7 Å². The predicted octanol–water partition coefficient (Wildman–Crippen LogP) is 13.9. The Kier molecular flexibility index (Phi) is 21.1. The molecule has 0 spiro atoms. The molecular weight excluding hydrogens is 984 g/mol. The Labute approximate surface area is 458 Å². The van der Waals surface area contributed by atoms with E-state index < -0.39 is 38.8 Å². The van der Waals surface area contributed by atoms with Crippen molar-refractivity contribution in [3.8, 4) is 11.5 Å². The minimum Gasteiger partial charge on any atom is -0.494 e. The molecule has 1 saturated heterocycles. The molecule has 1 aliphatic rings. The summed E-state index contributed by atoms with van der Waals surface area (Å²) < 4.78 is 54.9. The van der Waals surface area contributed by atoms with Crippen LogP contribution in [0, 0.1) is 0 Å². The first-order chi connectivity index (χ1) is 37.2. The summed E-state index contributed by atoms with van der Waals surface area (Å²) in [6, 6.07) is 64.4. The van der Waals surface area contributed by atoms with Crippen molar-refractivity contribution in [1.29, 1.82) is 0 Å². The van der Waals surface area contributed by atoms with Crippen molar-refractivity contribution in [3.05, 3.63) is 239 Å². The molecule has 0 amide bonds. The third kappa shape index (κ3) is 15.0. The smallest absolute Gasteiger partial charge is 0.261 e. The van der Waals surface area contributed by atoms with Crippen molar-refractivity contribution in [2.75, 3.05) is 33.0 Å². The van der Waals surface area contributed by atoms with Crippen LogP contribution in [0.4, 0.5) is 0 Å². The molecule has 1 aliphatic heterocycles. The lowest BCUT2D eigenvalue weighted by atomic mass is 9.88. The summed E-state index contributed by atoms with van der Waals surface area (Å²) in [5.41, 5.74) is 5.85. The van der Waals surface area contributed by atoms with E-state index in [-0.39, 0.29) is 18.3 Å². The van der Waals surface area contributed by atoms with Crippen molar-refractivity contribution < 1.29 is 37.6 Å². The lowest BCUT2D eigenvalue weighted by Crippen LogP contribution is -2.66.